The maximum atomic E-state index is 4.69. The SMILES string of the molecule is CC(C)NCc1c(Sc2ncccn2)nc2ccccn12. The van der Waals surface area contributed by atoms with Crippen LogP contribution in [0.5, 0.6) is 0 Å². The van der Waals surface area contributed by atoms with Crippen LogP contribution in [0.4, 0.5) is 0 Å². The second-order valence-electron chi connectivity index (χ2n) is 4.96. The largest absolute Gasteiger partial charge is 0.309 e. The molecule has 0 aliphatic heterocycles. The Morgan fingerprint density at radius 3 is 2.76 bits per heavy atom. The Bertz CT molecular complexity index is 723. The van der Waals surface area contributed by atoms with E-state index in [2.05, 4.69) is 33.5 Å². The molecule has 0 bridgehead atoms. The van der Waals surface area contributed by atoms with Crippen molar-refractivity contribution in [3.8, 4) is 0 Å². The topological polar surface area (TPSA) is 55.1 Å². The summed E-state index contributed by atoms with van der Waals surface area (Å²) in [6.07, 6.45) is 5.53. The molecule has 0 saturated heterocycles. The van der Waals surface area contributed by atoms with Crippen LogP contribution in [0.25, 0.3) is 5.65 Å². The van der Waals surface area contributed by atoms with Crippen LogP contribution in [0.15, 0.2) is 53.0 Å². The molecule has 0 aromatic carbocycles. The van der Waals surface area contributed by atoms with Crippen molar-refractivity contribution in [2.75, 3.05) is 0 Å². The van der Waals surface area contributed by atoms with Crippen molar-refractivity contribution < 1.29 is 0 Å². The molecule has 3 heterocycles. The van der Waals surface area contributed by atoms with Crippen molar-refractivity contribution in [3.63, 3.8) is 0 Å². The maximum absolute atomic E-state index is 4.69. The van der Waals surface area contributed by atoms with Crippen LogP contribution in [0.3, 0.4) is 0 Å². The highest BCUT2D eigenvalue weighted by molar-refractivity contribution is 7.99. The van der Waals surface area contributed by atoms with E-state index in [0.717, 1.165) is 22.9 Å². The molecule has 0 saturated carbocycles. The average Bonchev–Trinajstić information content (AvgIpc) is 2.83. The van der Waals surface area contributed by atoms with Gasteiger partial charge in [-0.25, -0.2) is 15.0 Å². The molecule has 0 unspecified atom stereocenters. The van der Waals surface area contributed by atoms with Crippen LogP contribution in [-0.2, 0) is 6.54 Å². The Morgan fingerprint density at radius 2 is 2.00 bits per heavy atom. The first kappa shape index (κ1) is 14.0. The molecule has 6 heteroatoms. The van der Waals surface area contributed by atoms with Gasteiger partial charge in [0.2, 0.25) is 0 Å². The lowest BCUT2D eigenvalue weighted by Gasteiger charge is -2.09. The molecule has 1 N–H and O–H groups in total. The molecule has 0 aliphatic carbocycles. The molecule has 0 amide bonds. The lowest BCUT2D eigenvalue weighted by molar-refractivity contribution is 0.574. The van der Waals surface area contributed by atoms with E-state index in [0.29, 0.717) is 11.2 Å². The van der Waals surface area contributed by atoms with Gasteiger partial charge >= 0.3 is 0 Å². The van der Waals surface area contributed by atoms with Gasteiger partial charge in [-0.2, -0.15) is 0 Å². The fourth-order valence-electron chi connectivity index (χ4n) is 1.99. The fraction of sp³-hybridized carbons (Fsp3) is 0.267. The zero-order chi connectivity index (χ0) is 14.7. The zero-order valence-electron chi connectivity index (χ0n) is 12.0. The third-order valence-electron chi connectivity index (χ3n) is 3.00. The molecule has 108 valence electrons. The van der Waals surface area contributed by atoms with E-state index in [1.165, 1.54) is 11.8 Å². The van der Waals surface area contributed by atoms with Gasteiger partial charge in [-0.05, 0) is 30.0 Å². The summed E-state index contributed by atoms with van der Waals surface area (Å²) in [5.41, 5.74) is 2.08. The molecule has 21 heavy (non-hydrogen) atoms. The van der Waals surface area contributed by atoms with E-state index >= 15 is 0 Å². The number of rotatable bonds is 5. The predicted molar refractivity (Wildman–Crippen MR) is 83.3 cm³/mol. The minimum absolute atomic E-state index is 0.421. The van der Waals surface area contributed by atoms with Crippen LogP contribution in [0.1, 0.15) is 19.5 Å². The molecule has 5 nitrogen and oxygen atoms in total. The van der Waals surface area contributed by atoms with Gasteiger partial charge in [0, 0.05) is 31.2 Å². The Morgan fingerprint density at radius 1 is 1.19 bits per heavy atom. The van der Waals surface area contributed by atoms with E-state index in [4.69, 9.17) is 4.98 Å². The van der Waals surface area contributed by atoms with E-state index in [-0.39, 0.29) is 0 Å². The molecule has 0 spiro atoms. The number of hydrogen-bond acceptors (Lipinski definition) is 5. The summed E-state index contributed by atoms with van der Waals surface area (Å²) in [6.45, 7) is 5.03. The summed E-state index contributed by atoms with van der Waals surface area (Å²) in [5, 5.41) is 5.11. The smallest absolute Gasteiger partial charge is 0.193 e. The molecular weight excluding hydrogens is 282 g/mol. The van der Waals surface area contributed by atoms with Gasteiger partial charge in [0.05, 0.1) is 5.69 Å². The predicted octanol–water partition coefficient (Wildman–Crippen LogP) is 2.77. The Hall–Kier alpha value is -1.92. The number of hydrogen-bond donors (Lipinski definition) is 1. The number of nitrogens with one attached hydrogen (secondary N) is 1. The van der Waals surface area contributed by atoms with E-state index in [9.17, 15) is 0 Å². The van der Waals surface area contributed by atoms with Crippen LogP contribution >= 0.6 is 11.8 Å². The zero-order valence-corrected chi connectivity index (χ0v) is 12.8. The van der Waals surface area contributed by atoms with Gasteiger partial charge in [0.15, 0.2) is 5.16 Å². The Labute approximate surface area is 127 Å². The lowest BCUT2D eigenvalue weighted by Crippen LogP contribution is -2.23. The molecule has 3 rings (SSSR count). The van der Waals surface area contributed by atoms with Gasteiger partial charge in [-0.3, -0.25) is 0 Å². The molecule has 0 fully saturated rings. The Balaban J connectivity index is 1.97. The number of pyridine rings is 1. The minimum Gasteiger partial charge on any atom is -0.309 e. The number of aromatic nitrogens is 4. The second kappa shape index (κ2) is 6.24. The van der Waals surface area contributed by atoms with Crippen LogP contribution < -0.4 is 5.32 Å². The fourth-order valence-corrected chi connectivity index (χ4v) is 2.82. The van der Waals surface area contributed by atoms with Gasteiger partial charge in [-0.1, -0.05) is 19.9 Å². The van der Waals surface area contributed by atoms with Crippen molar-refractivity contribution >= 4 is 17.4 Å². The monoisotopic (exact) mass is 299 g/mol. The third kappa shape index (κ3) is 3.22. The highest BCUT2D eigenvalue weighted by atomic mass is 32.2. The normalized spacial score (nSPS) is 11.4. The number of imidazole rings is 1. The third-order valence-corrected chi connectivity index (χ3v) is 3.91. The molecule has 0 aliphatic rings. The summed E-state index contributed by atoms with van der Waals surface area (Å²) in [7, 11) is 0. The van der Waals surface area contributed by atoms with Crippen LogP contribution in [0, 0.1) is 0 Å². The van der Waals surface area contributed by atoms with Crippen LogP contribution in [0.2, 0.25) is 0 Å². The van der Waals surface area contributed by atoms with Crippen molar-refractivity contribution in [1.82, 2.24) is 24.7 Å². The van der Waals surface area contributed by atoms with E-state index in [1.807, 2.05) is 30.5 Å². The van der Waals surface area contributed by atoms with Gasteiger partial charge in [0.1, 0.15) is 10.7 Å². The highest BCUT2D eigenvalue weighted by Gasteiger charge is 2.14. The van der Waals surface area contributed by atoms with Crippen molar-refractivity contribution in [2.45, 2.75) is 36.6 Å². The standard InChI is InChI=1S/C15H17N5S/c1-11(2)18-10-12-14(21-15-16-7-5-8-17-15)19-13-6-3-4-9-20(12)13/h3-9,11,18H,10H2,1-2H3. The Kier molecular flexibility index (Phi) is 4.17. The number of fused-ring (bicyclic) bond motifs is 1. The molecule has 0 radical (unpaired) electrons. The molecular formula is C15H17N5S. The quantitative estimate of drug-likeness (QED) is 0.734. The molecule has 3 aromatic heterocycles. The second-order valence-corrected chi connectivity index (χ2v) is 5.92. The van der Waals surface area contributed by atoms with Crippen LogP contribution in [-0.4, -0.2) is 25.4 Å². The number of nitrogens with zero attached hydrogens (tertiary/aromatic N) is 4. The molecule has 3 aromatic rings. The minimum atomic E-state index is 0.421. The summed E-state index contributed by atoms with van der Waals surface area (Å²) in [4.78, 5) is 13.2. The maximum Gasteiger partial charge on any atom is 0.193 e. The van der Waals surface area contributed by atoms with E-state index in [1.54, 1.807) is 12.4 Å². The van der Waals surface area contributed by atoms with E-state index < -0.39 is 0 Å². The van der Waals surface area contributed by atoms with Gasteiger partial charge in [0.25, 0.3) is 0 Å². The highest BCUT2D eigenvalue weighted by Crippen LogP contribution is 2.27. The summed E-state index contributed by atoms with van der Waals surface area (Å²) >= 11 is 1.50. The van der Waals surface area contributed by atoms with Crippen molar-refractivity contribution in [1.29, 1.82) is 0 Å². The first-order valence-electron chi connectivity index (χ1n) is 6.88. The van der Waals surface area contributed by atoms with Gasteiger partial charge < -0.3 is 9.72 Å². The van der Waals surface area contributed by atoms with Gasteiger partial charge in [-0.15, -0.1) is 0 Å². The summed E-state index contributed by atoms with van der Waals surface area (Å²) in [5.74, 6) is 0. The lowest BCUT2D eigenvalue weighted by atomic mass is 10.3. The summed E-state index contributed by atoms with van der Waals surface area (Å²) < 4.78 is 2.11. The van der Waals surface area contributed by atoms with Crippen molar-refractivity contribution in [3.05, 3.63) is 48.5 Å². The van der Waals surface area contributed by atoms with Crippen molar-refractivity contribution in [2.24, 2.45) is 0 Å². The first-order chi connectivity index (χ1) is 10.2. The molecule has 0 atom stereocenters. The average molecular weight is 299 g/mol. The summed E-state index contributed by atoms with van der Waals surface area (Å²) in [6, 6.07) is 8.25. The first-order valence-corrected chi connectivity index (χ1v) is 7.70.